The average molecular weight is 1330 g/mol. The van der Waals surface area contributed by atoms with Crippen LogP contribution in [0.25, 0.3) is 43.1 Å². The van der Waals surface area contributed by atoms with Crippen LogP contribution < -0.4 is 22.9 Å². The minimum absolute atomic E-state index is 0.0229. The van der Waals surface area contributed by atoms with Crippen molar-refractivity contribution < 1.29 is 19.2 Å². The van der Waals surface area contributed by atoms with E-state index in [9.17, 15) is 19.2 Å². The second-order valence-electron chi connectivity index (χ2n) is 23.2. The van der Waals surface area contributed by atoms with Gasteiger partial charge in [-0.1, -0.05) is 149 Å². The van der Waals surface area contributed by atoms with Gasteiger partial charge in [-0.2, -0.15) is 0 Å². The molecule has 8 nitrogen and oxygen atoms in total. The molecule has 0 fully saturated rings. The average Bonchev–Trinajstić information content (AvgIpc) is 2.57. The van der Waals surface area contributed by atoms with Gasteiger partial charge in [-0.3, -0.25) is 19.2 Å². The lowest BCUT2D eigenvalue weighted by atomic mass is 9.90. The molecule has 0 radical (unpaired) electrons. The fourth-order valence-electron chi connectivity index (χ4n) is 13.3. The Kier molecular flexibility index (Phi) is 17.6. The van der Waals surface area contributed by atoms with E-state index >= 15 is 0 Å². The fraction of sp³-hybridized carbons (Fsp3) is 0.200. The summed E-state index contributed by atoms with van der Waals surface area (Å²) in [5, 5.41) is 11.7. The minimum Gasteiger partial charge on any atom is -0.390 e. The number of thiophene rings is 4. The number of hydrogen-bond donors (Lipinski definition) is 4. The number of rotatable bonds is 8. The predicted molar refractivity (Wildman–Crippen MR) is 379 cm³/mol. The molecule has 0 aliphatic heterocycles. The number of nitrogens with two attached hydrogens (primary N) is 4. The van der Waals surface area contributed by atoms with E-state index in [1.54, 1.807) is 51.4 Å². The van der Waals surface area contributed by atoms with Crippen LogP contribution in [0.15, 0.2) is 162 Å². The number of carbonyl (C=O) groups excluding carboxylic acids is 4. The Morgan fingerprint density at radius 2 is 0.663 bits per heavy atom. The van der Waals surface area contributed by atoms with Crippen LogP contribution in [0.2, 0.25) is 5.02 Å². The van der Waals surface area contributed by atoms with Gasteiger partial charge in [-0.05, 0) is 193 Å². The lowest BCUT2D eigenvalue weighted by Crippen LogP contribution is -2.09. The van der Waals surface area contributed by atoms with Gasteiger partial charge in [0.25, 0.3) is 0 Å². The zero-order chi connectivity index (χ0) is 61.4. The van der Waals surface area contributed by atoms with Crippen molar-refractivity contribution in [2.45, 2.75) is 96.3 Å². The Bertz CT molecular complexity index is 4650. The number of fused-ring (bicyclic) bond motifs is 8. The van der Waals surface area contributed by atoms with Crippen molar-refractivity contribution in [3.05, 3.63) is 253 Å². The van der Waals surface area contributed by atoms with Crippen molar-refractivity contribution in [1.82, 2.24) is 0 Å². The standard InChI is InChI=1S/C19H16BrNOS.C19H16ClNOS.C19H17NOS.C18H15NOS/c2*20-15-10-9-13(11-5-1-2-6-12(11)15)18(22)17-14-7-3-4-8-16(14)23-19(17)21;20-19-17(15-7-3-4-8-16(15)22-19)18(21)14-10-9-12-5-1-2-6-13(12)11-14;19-18-16(14-6-3-7-15(14)21-18)17(20)13-9-8-11-4-1-2-5-12(11)10-13/h2*1-2,5-6,9-10H,3-4,7-8,21H2;1-2,5-6,9-11H,3-4,7-8,20H2;1-2,4-5,8-10H,3,6-7,19H2. The number of anilines is 4. The smallest absolute Gasteiger partial charge is 0.196 e. The largest absolute Gasteiger partial charge is 0.390 e. The van der Waals surface area contributed by atoms with Gasteiger partial charge in [0, 0.05) is 56.6 Å². The molecule has 0 bridgehead atoms. The van der Waals surface area contributed by atoms with Crippen LogP contribution in [0.3, 0.4) is 0 Å². The second-order valence-corrected chi connectivity index (χ2v) is 29.0. The first-order chi connectivity index (χ1) is 43.3. The van der Waals surface area contributed by atoms with Crippen LogP contribution in [0.5, 0.6) is 0 Å². The summed E-state index contributed by atoms with van der Waals surface area (Å²) >= 11 is 16.2. The number of halogens is 2. The fourth-order valence-corrected chi connectivity index (χ4v) is 18.7. The first-order valence-corrected chi connectivity index (χ1v) is 34.9. The third-order valence-electron chi connectivity index (χ3n) is 17.7. The predicted octanol–water partition coefficient (Wildman–Crippen LogP) is 19.4. The van der Waals surface area contributed by atoms with Crippen LogP contribution in [0, 0.1) is 0 Å². The molecular formula is C75H64BrClN4O4S4. The van der Waals surface area contributed by atoms with Gasteiger partial charge in [-0.25, -0.2) is 0 Å². The van der Waals surface area contributed by atoms with Crippen LogP contribution >= 0.6 is 72.9 Å². The summed E-state index contributed by atoms with van der Waals surface area (Å²) in [6.45, 7) is 0. The zero-order valence-corrected chi connectivity index (χ0v) is 54.6. The number of benzene rings is 8. The molecule has 446 valence electrons. The van der Waals surface area contributed by atoms with Gasteiger partial charge in [-0.15, -0.1) is 45.3 Å². The zero-order valence-electron chi connectivity index (χ0n) is 48.9. The molecule has 4 aliphatic rings. The Morgan fingerprint density at radius 3 is 1.10 bits per heavy atom. The summed E-state index contributed by atoms with van der Waals surface area (Å²) in [5.41, 5.74) is 35.3. The van der Waals surface area contributed by atoms with E-state index in [1.165, 1.54) is 61.0 Å². The van der Waals surface area contributed by atoms with Gasteiger partial charge in [0.05, 0.1) is 42.3 Å². The van der Waals surface area contributed by atoms with E-state index in [0.29, 0.717) is 30.6 Å². The van der Waals surface area contributed by atoms with E-state index < -0.39 is 0 Å². The van der Waals surface area contributed by atoms with Crippen molar-refractivity contribution >= 4 is 159 Å². The molecule has 14 heteroatoms. The number of hydrogen-bond acceptors (Lipinski definition) is 12. The van der Waals surface area contributed by atoms with Crippen LogP contribution in [0.4, 0.5) is 20.0 Å². The maximum atomic E-state index is 13.2. The molecule has 4 aromatic heterocycles. The summed E-state index contributed by atoms with van der Waals surface area (Å²) in [4.78, 5) is 57.5. The number of carbonyl (C=O) groups is 4. The normalized spacial score (nSPS) is 13.9. The molecule has 0 saturated carbocycles. The van der Waals surface area contributed by atoms with Gasteiger partial charge >= 0.3 is 0 Å². The Balaban J connectivity index is 0.000000109. The highest BCUT2D eigenvalue weighted by Gasteiger charge is 2.30. The van der Waals surface area contributed by atoms with Gasteiger partial charge in [0.1, 0.15) is 0 Å². The highest BCUT2D eigenvalue weighted by atomic mass is 79.9. The van der Waals surface area contributed by atoms with Gasteiger partial charge < -0.3 is 22.9 Å². The van der Waals surface area contributed by atoms with E-state index in [-0.39, 0.29) is 23.1 Å². The van der Waals surface area contributed by atoms with Crippen LogP contribution in [-0.4, -0.2) is 23.1 Å². The van der Waals surface area contributed by atoms with E-state index in [0.717, 1.165) is 164 Å². The first-order valence-electron chi connectivity index (χ1n) is 30.4. The summed E-state index contributed by atoms with van der Waals surface area (Å²) in [7, 11) is 0. The maximum Gasteiger partial charge on any atom is 0.196 e. The molecule has 16 rings (SSSR count). The Hall–Kier alpha value is -7.75. The molecular weight excluding hydrogens is 1260 g/mol. The van der Waals surface area contributed by atoms with Crippen LogP contribution in [0.1, 0.15) is 150 Å². The highest BCUT2D eigenvalue weighted by Crippen LogP contribution is 2.43. The first kappa shape index (κ1) is 60.2. The molecule has 0 amide bonds. The lowest BCUT2D eigenvalue weighted by Gasteiger charge is -2.13. The third kappa shape index (κ3) is 11.9. The topological polar surface area (TPSA) is 172 Å². The van der Waals surface area contributed by atoms with Crippen molar-refractivity contribution in [2.24, 2.45) is 0 Å². The SMILES string of the molecule is Nc1sc2c(c1C(=O)c1ccc(Br)c3ccccc13)CCCC2.Nc1sc2c(c1C(=O)c1ccc(Cl)c3ccccc13)CCCC2.Nc1sc2c(c1C(=O)c1ccc3ccccc3c1)CCC2.Nc1sc2c(c1C(=O)c1ccc3ccccc3c1)CCCC2. The molecule has 4 heterocycles. The Morgan fingerprint density at radius 1 is 0.337 bits per heavy atom. The van der Waals surface area contributed by atoms with Crippen molar-refractivity contribution in [3.8, 4) is 0 Å². The quantitative estimate of drug-likeness (QED) is 0.109. The third-order valence-corrected chi connectivity index (χ3v) is 23.2. The summed E-state index contributed by atoms with van der Waals surface area (Å²) < 4.78 is 1.00. The summed E-state index contributed by atoms with van der Waals surface area (Å²) in [6, 6.07) is 51.2. The molecule has 89 heavy (non-hydrogen) atoms. The van der Waals surface area contributed by atoms with E-state index in [1.807, 2.05) is 140 Å². The molecule has 0 unspecified atom stereocenters. The van der Waals surface area contributed by atoms with Crippen molar-refractivity contribution in [1.29, 1.82) is 0 Å². The van der Waals surface area contributed by atoms with E-state index in [4.69, 9.17) is 34.5 Å². The van der Waals surface area contributed by atoms with Crippen molar-refractivity contribution in [3.63, 3.8) is 0 Å². The van der Waals surface area contributed by atoms with Gasteiger partial charge in [0.2, 0.25) is 0 Å². The number of ketones is 4. The summed E-state index contributed by atoms with van der Waals surface area (Å²) in [5.74, 6) is 0.223. The molecule has 0 saturated heterocycles. The maximum absolute atomic E-state index is 13.2. The van der Waals surface area contributed by atoms with Gasteiger partial charge in [0.15, 0.2) is 23.1 Å². The lowest BCUT2D eigenvalue weighted by molar-refractivity contribution is 0.103. The second kappa shape index (κ2) is 26.0. The van der Waals surface area contributed by atoms with Crippen LogP contribution in [-0.2, 0) is 51.4 Å². The Labute approximate surface area is 546 Å². The molecule has 12 aromatic rings. The molecule has 0 spiro atoms. The molecule has 8 N–H and O–H groups in total. The minimum atomic E-state index is 0.0229. The number of aryl methyl sites for hydroxylation is 4. The van der Waals surface area contributed by atoms with Crippen molar-refractivity contribution in [2.75, 3.05) is 22.9 Å². The summed E-state index contributed by atoms with van der Waals surface area (Å²) in [6.07, 6.45) is 16.3. The monoisotopic (exact) mass is 1330 g/mol. The van der Waals surface area contributed by atoms with E-state index in [2.05, 4.69) is 28.1 Å². The molecule has 8 aromatic carbocycles. The number of nitrogen functional groups attached to an aromatic ring is 4. The molecule has 4 aliphatic carbocycles. The highest BCUT2D eigenvalue weighted by molar-refractivity contribution is 9.10. The molecule has 0 atom stereocenters.